The molecule has 2 N–H and O–H groups in total. The highest BCUT2D eigenvalue weighted by Gasteiger charge is 2.00. The lowest BCUT2D eigenvalue weighted by Gasteiger charge is -2.06. The van der Waals surface area contributed by atoms with Crippen LogP contribution in [0.2, 0.25) is 0 Å². The van der Waals surface area contributed by atoms with Gasteiger partial charge in [-0.3, -0.25) is 4.99 Å². The second-order valence-corrected chi connectivity index (χ2v) is 5.98. The second kappa shape index (κ2) is 10.8. The summed E-state index contributed by atoms with van der Waals surface area (Å²) >= 11 is 0. The minimum atomic E-state index is 0.922. The maximum absolute atomic E-state index is 5.75. The number of benzene rings is 1. The van der Waals surface area contributed by atoms with Gasteiger partial charge in [0.2, 0.25) is 0 Å². The number of rotatable bonds is 4. The number of aliphatic imine (C=N–C) groups is 1. The van der Waals surface area contributed by atoms with Crippen molar-refractivity contribution < 1.29 is 0 Å². The number of nitrogens with two attached hydrogens (primary N) is 1. The van der Waals surface area contributed by atoms with Crippen molar-refractivity contribution >= 4 is 11.9 Å². The van der Waals surface area contributed by atoms with Crippen LogP contribution in [0.4, 0.5) is 5.69 Å². The Labute approximate surface area is 143 Å². The molecular weight excluding hydrogens is 280 g/mol. The molecular formula is C21H34N2. The van der Waals surface area contributed by atoms with Gasteiger partial charge in [-0.1, -0.05) is 37.6 Å². The van der Waals surface area contributed by atoms with E-state index in [0.717, 1.165) is 24.2 Å². The van der Waals surface area contributed by atoms with Crippen LogP contribution in [0, 0.1) is 20.8 Å². The molecule has 0 spiro atoms. The fourth-order valence-corrected chi connectivity index (χ4v) is 2.44. The number of nitrogens with zero attached hydrogens (tertiary/aromatic N) is 1. The Morgan fingerprint density at radius 1 is 1.09 bits per heavy atom. The van der Waals surface area contributed by atoms with Crippen molar-refractivity contribution in [2.24, 2.45) is 4.99 Å². The van der Waals surface area contributed by atoms with Gasteiger partial charge in [-0.2, -0.15) is 0 Å². The standard InChI is InChI=1S/C12H21N.C9H13N/c1-6-9-11(5)12(13-8-3)10(4)7-2;1-6-4-7(2)9(10)8(3)5-6/h8-9H,6-7H2,1-5H3;4-5H,10H2,1-3H3/b11-9-,12-10+,13-8?;. The van der Waals surface area contributed by atoms with Crippen molar-refractivity contribution in [3.05, 3.63) is 51.7 Å². The van der Waals surface area contributed by atoms with E-state index in [0.29, 0.717) is 0 Å². The van der Waals surface area contributed by atoms with E-state index in [1.807, 2.05) is 27.0 Å². The Morgan fingerprint density at radius 2 is 1.61 bits per heavy atom. The van der Waals surface area contributed by atoms with Gasteiger partial charge >= 0.3 is 0 Å². The van der Waals surface area contributed by atoms with Gasteiger partial charge in [0.1, 0.15) is 0 Å². The van der Waals surface area contributed by atoms with E-state index in [9.17, 15) is 0 Å². The SMILES string of the molecule is CC=NC(/C(C)=C\CC)=C(\C)CC.Cc1cc(C)c(N)c(C)c1. The molecule has 0 aliphatic heterocycles. The summed E-state index contributed by atoms with van der Waals surface area (Å²) in [5.41, 5.74) is 14.1. The van der Waals surface area contributed by atoms with E-state index >= 15 is 0 Å². The van der Waals surface area contributed by atoms with E-state index in [-0.39, 0.29) is 0 Å². The monoisotopic (exact) mass is 314 g/mol. The largest absolute Gasteiger partial charge is 0.398 e. The van der Waals surface area contributed by atoms with E-state index in [4.69, 9.17) is 5.73 Å². The van der Waals surface area contributed by atoms with E-state index < -0.39 is 0 Å². The minimum absolute atomic E-state index is 0.922. The third-order valence-corrected chi connectivity index (χ3v) is 3.81. The van der Waals surface area contributed by atoms with Crippen LogP contribution in [0.1, 0.15) is 64.2 Å². The Morgan fingerprint density at radius 3 is 2.00 bits per heavy atom. The van der Waals surface area contributed by atoms with Gasteiger partial charge in [-0.25, -0.2) is 0 Å². The number of allylic oxidation sites excluding steroid dienone is 3. The summed E-state index contributed by atoms with van der Waals surface area (Å²) in [4.78, 5) is 4.40. The van der Waals surface area contributed by atoms with Crippen molar-refractivity contribution in [2.45, 2.75) is 68.2 Å². The average molecular weight is 315 g/mol. The molecule has 1 rings (SSSR count). The third-order valence-electron chi connectivity index (χ3n) is 3.81. The summed E-state index contributed by atoms with van der Waals surface area (Å²) in [5, 5.41) is 0. The zero-order chi connectivity index (χ0) is 18.0. The van der Waals surface area contributed by atoms with Crippen molar-refractivity contribution in [2.75, 3.05) is 5.73 Å². The lowest BCUT2D eigenvalue weighted by atomic mass is 10.1. The molecule has 2 nitrogen and oxygen atoms in total. The molecule has 0 aromatic heterocycles. The number of hydrogen-bond donors (Lipinski definition) is 1. The van der Waals surface area contributed by atoms with Crippen LogP contribution in [0.15, 0.2) is 40.0 Å². The molecule has 0 aliphatic rings. The van der Waals surface area contributed by atoms with Crippen LogP contribution in [-0.2, 0) is 0 Å². The molecule has 2 heteroatoms. The number of hydrogen-bond acceptors (Lipinski definition) is 2. The molecule has 0 heterocycles. The third kappa shape index (κ3) is 7.32. The number of anilines is 1. The molecule has 128 valence electrons. The Hall–Kier alpha value is -1.83. The molecule has 0 unspecified atom stereocenters. The van der Waals surface area contributed by atoms with Gasteiger partial charge in [-0.05, 0) is 76.7 Å². The maximum atomic E-state index is 5.75. The predicted molar refractivity (Wildman–Crippen MR) is 106 cm³/mol. The molecule has 0 saturated heterocycles. The fraction of sp³-hybridized carbons (Fsp3) is 0.476. The lowest BCUT2D eigenvalue weighted by molar-refractivity contribution is 1.04. The molecule has 0 bridgehead atoms. The summed E-state index contributed by atoms with van der Waals surface area (Å²) in [6.45, 7) is 16.7. The van der Waals surface area contributed by atoms with Crippen LogP contribution in [-0.4, -0.2) is 6.21 Å². The van der Waals surface area contributed by atoms with Crippen LogP contribution in [0.5, 0.6) is 0 Å². The maximum Gasteiger partial charge on any atom is 0.0640 e. The zero-order valence-corrected chi connectivity index (χ0v) is 16.2. The normalized spacial score (nSPS) is 12.8. The molecule has 0 amide bonds. The Balaban J connectivity index is 0.000000433. The average Bonchev–Trinajstić information content (AvgIpc) is 2.50. The van der Waals surface area contributed by atoms with E-state index in [1.54, 1.807) is 0 Å². The first-order valence-corrected chi connectivity index (χ1v) is 8.47. The van der Waals surface area contributed by atoms with Crippen LogP contribution in [0.3, 0.4) is 0 Å². The highest BCUT2D eigenvalue weighted by molar-refractivity contribution is 5.57. The first-order valence-electron chi connectivity index (χ1n) is 8.47. The van der Waals surface area contributed by atoms with Gasteiger partial charge in [0.15, 0.2) is 0 Å². The molecule has 0 aliphatic carbocycles. The summed E-state index contributed by atoms with van der Waals surface area (Å²) in [7, 11) is 0. The van der Waals surface area contributed by atoms with Gasteiger partial charge in [-0.15, -0.1) is 0 Å². The highest BCUT2D eigenvalue weighted by atomic mass is 14.7. The first kappa shape index (κ1) is 21.2. The van der Waals surface area contributed by atoms with Crippen molar-refractivity contribution in [1.29, 1.82) is 0 Å². The molecule has 0 radical (unpaired) electrons. The lowest BCUT2D eigenvalue weighted by Crippen LogP contribution is -1.93. The Bertz CT molecular complexity index is 567. The smallest absolute Gasteiger partial charge is 0.0640 e. The number of aryl methyl sites for hydroxylation is 3. The second-order valence-electron chi connectivity index (χ2n) is 5.98. The quantitative estimate of drug-likeness (QED) is 0.394. The fourth-order valence-electron chi connectivity index (χ4n) is 2.44. The predicted octanol–water partition coefficient (Wildman–Crippen LogP) is 6.31. The van der Waals surface area contributed by atoms with E-state index in [2.05, 4.69) is 57.8 Å². The highest BCUT2D eigenvalue weighted by Crippen LogP contribution is 2.18. The summed E-state index contributed by atoms with van der Waals surface area (Å²) in [6, 6.07) is 4.20. The van der Waals surface area contributed by atoms with Crippen molar-refractivity contribution in [1.82, 2.24) is 0 Å². The zero-order valence-electron chi connectivity index (χ0n) is 16.2. The summed E-state index contributed by atoms with van der Waals surface area (Å²) in [6.07, 6.45) is 6.23. The minimum Gasteiger partial charge on any atom is -0.398 e. The van der Waals surface area contributed by atoms with Gasteiger partial charge in [0.25, 0.3) is 0 Å². The first-order chi connectivity index (χ1) is 10.8. The molecule has 1 aromatic carbocycles. The van der Waals surface area contributed by atoms with Gasteiger partial charge in [0.05, 0.1) is 5.70 Å². The molecule has 1 aromatic rings. The van der Waals surface area contributed by atoms with Crippen LogP contribution < -0.4 is 5.73 Å². The molecule has 0 fully saturated rings. The van der Waals surface area contributed by atoms with E-state index in [1.165, 1.54) is 27.8 Å². The van der Waals surface area contributed by atoms with Crippen LogP contribution in [0.25, 0.3) is 0 Å². The topological polar surface area (TPSA) is 38.4 Å². The number of nitrogen functional groups attached to an aromatic ring is 1. The van der Waals surface area contributed by atoms with Crippen molar-refractivity contribution in [3.63, 3.8) is 0 Å². The van der Waals surface area contributed by atoms with Crippen molar-refractivity contribution in [3.8, 4) is 0 Å². The van der Waals surface area contributed by atoms with Gasteiger partial charge in [0, 0.05) is 11.9 Å². The Kier molecular flexibility index (Phi) is 9.96. The molecule has 23 heavy (non-hydrogen) atoms. The summed E-state index contributed by atoms with van der Waals surface area (Å²) in [5.74, 6) is 0. The van der Waals surface area contributed by atoms with Crippen LogP contribution >= 0.6 is 0 Å². The van der Waals surface area contributed by atoms with Gasteiger partial charge < -0.3 is 5.73 Å². The summed E-state index contributed by atoms with van der Waals surface area (Å²) < 4.78 is 0. The molecule has 0 atom stereocenters. The molecule has 0 saturated carbocycles.